The maximum Gasteiger partial charge on any atom is 0.152 e. The van der Waals surface area contributed by atoms with Crippen LogP contribution in [-0.4, -0.2) is 18.9 Å². The van der Waals surface area contributed by atoms with Crippen LogP contribution in [0.15, 0.2) is 54.6 Å². The van der Waals surface area contributed by atoms with E-state index in [1.807, 2.05) is 39.1 Å². The summed E-state index contributed by atoms with van der Waals surface area (Å²) in [5, 5.41) is 3.13. The molecule has 2 nitrogen and oxygen atoms in total. The van der Waals surface area contributed by atoms with Crippen molar-refractivity contribution >= 4 is 5.78 Å². The smallest absolute Gasteiger partial charge is 0.152 e. The van der Waals surface area contributed by atoms with Crippen LogP contribution in [0.2, 0.25) is 0 Å². The topological polar surface area (TPSA) is 29.1 Å². The largest absolute Gasteiger partial charge is 0.310 e. The number of carbonyl (C=O) groups excluding carboxylic acids is 1. The monoisotopic (exact) mass is 281 g/mol. The highest BCUT2D eigenvalue weighted by Gasteiger charge is 2.19. The Labute approximate surface area is 127 Å². The molecule has 0 fully saturated rings. The third-order valence-electron chi connectivity index (χ3n) is 3.76. The number of likely N-dealkylation sites (N-methyl/N-ethyl adjacent to an activating group) is 1. The van der Waals surface area contributed by atoms with E-state index in [4.69, 9.17) is 0 Å². The maximum absolute atomic E-state index is 12.1. The number of rotatable bonds is 6. The van der Waals surface area contributed by atoms with Gasteiger partial charge >= 0.3 is 0 Å². The number of Topliss-reactive ketones (excluding diaryl/α,β-unsaturated/α-hetero) is 1. The average molecular weight is 281 g/mol. The molecule has 2 rings (SSSR count). The third-order valence-corrected chi connectivity index (χ3v) is 3.76. The minimum Gasteiger partial charge on any atom is -0.310 e. The molecule has 1 unspecified atom stereocenters. The van der Waals surface area contributed by atoms with Gasteiger partial charge < -0.3 is 5.32 Å². The summed E-state index contributed by atoms with van der Waals surface area (Å²) < 4.78 is 0. The van der Waals surface area contributed by atoms with Gasteiger partial charge in [-0.3, -0.25) is 4.79 Å². The van der Waals surface area contributed by atoms with Gasteiger partial charge in [0.25, 0.3) is 0 Å². The minimum absolute atomic E-state index is 0.0611. The molecule has 0 aliphatic rings. The second-order valence-electron chi connectivity index (χ2n) is 5.67. The zero-order chi connectivity index (χ0) is 15.2. The fourth-order valence-corrected chi connectivity index (χ4v) is 2.45. The summed E-state index contributed by atoms with van der Waals surface area (Å²) in [6.07, 6.45) is 0.739. The van der Waals surface area contributed by atoms with Crippen LogP contribution in [0.5, 0.6) is 0 Å². The Balaban J connectivity index is 2.10. The van der Waals surface area contributed by atoms with Gasteiger partial charge in [0, 0.05) is 5.92 Å². The molecule has 0 radical (unpaired) electrons. The van der Waals surface area contributed by atoms with Crippen LogP contribution in [0.1, 0.15) is 19.4 Å². The van der Waals surface area contributed by atoms with Crippen molar-refractivity contribution in [3.63, 3.8) is 0 Å². The molecule has 0 spiro atoms. The molecule has 0 aromatic heterocycles. The first-order valence-electron chi connectivity index (χ1n) is 7.47. The van der Waals surface area contributed by atoms with Crippen molar-refractivity contribution in [1.29, 1.82) is 0 Å². The average Bonchev–Trinajstić information content (AvgIpc) is 2.53. The molecule has 0 saturated heterocycles. The van der Waals surface area contributed by atoms with E-state index >= 15 is 0 Å². The van der Waals surface area contributed by atoms with E-state index in [0.717, 1.165) is 6.42 Å². The van der Waals surface area contributed by atoms with Gasteiger partial charge in [0.2, 0.25) is 0 Å². The Bertz CT molecular complexity index is 572. The zero-order valence-corrected chi connectivity index (χ0v) is 13.0. The quantitative estimate of drug-likeness (QED) is 0.874. The second kappa shape index (κ2) is 7.19. The summed E-state index contributed by atoms with van der Waals surface area (Å²) in [6, 6.07) is 18.7. The Morgan fingerprint density at radius 2 is 1.52 bits per heavy atom. The number of nitrogens with one attached hydrogen (secondary N) is 1. The highest BCUT2D eigenvalue weighted by Crippen LogP contribution is 2.20. The lowest BCUT2D eigenvalue weighted by molar-refractivity contribution is -0.123. The summed E-state index contributed by atoms with van der Waals surface area (Å²) in [5.41, 5.74) is 3.60. The molecule has 0 aliphatic carbocycles. The van der Waals surface area contributed by atoms with E-state index in [-0.39, 0.29) is 17.7 Å². The summed E-state index contributed by atoms with van der Waals surface area (Å²) in [6.45, 7) is 3.90. The molecule has 0 saturated carbocycles. The zero-order valence-electron chi connectivity index (χ0n) is 13.0. The standard InChI is InChI=1S/C19H23NO/c1-14(2)19(21)18(20-3)13-15-9-11-17(12-10-15)16-7-5-4-6-8-16/h4-12,14,18,20H,13H2,1-3H3. The first-order chi connectivity index (χ1) is 10.1. The molecular weight excluding hydrogens is 258 g/mol. The van der Waals surface area contributed by atoms with E-state index < -0.39 is 0 Å². The summed E-state index contributed by atoms with van der Waals surface area (Å²) >= 11 is 0. The van der Waals surface area contributed by atoms with E-state index in [1.54, 1.807) is 0 Å². The number of hydrogen-bond acceptors (Lipinski definition) is 2. The van der Waals surface area contributed by atoms with Crippen molar-refractivity contribution < 1.29 is 4.79 Å². The van der Waals surface area contributed by atoms with Crippen LogP contribution in [0.3, 0.4) is 0 Å². The molecule has 2 heteroatoms. The predicted molar refractivity (Wildman–Crippen MR) is 88.3 cm³/mol. The minimum atomic E-state index is -0.104. The maximum atomic E-state index is 12.1. The summed E-state index contributed by atoms with van der Waals surface area (Å²) in [7, 11) is 1.85. The molecule has 21 heavy (non-hydrogen) atoms. The molecule has 2 aromatic rings. The number of carbonyl (C=O) groups is 1. The van der Waals surface area contributed by atoms with Crippen molar-refractivity contribution in [2.75, 3.05) is 7.05 Å². The Hall–Kier alpha value is -1.93. The summed E-state index contributed by atoms with van der Waals surface area (Å²) in [4.78, 5) is 12.1. The number of ketones is 1. The first kappa shape index (κ1) is 15.5. The van der Waals surface area contributed by atoms with Crippen LogP contribution >= 0.6 is 0 Å². The van der Waals surface area contributed by atoms with E-state index in [1.165, 1.54) is 16.7 Å². The molecular formula is C19H23NO. The van der Waals surface area contributed by atoms with E-state index in [2.05, 4.69) is 41.7 Å². The van der Waals surface area contributed by atoms with Gasteiger partial charge in [-0.1, -0.05) is 68.4 Å². The molecule has 1 N–H and O–H groups in total. The lowest BCUT2D eigenvalue weighted by Crippen LogP contribution is -2.38. The normalized spacial score (nSPS) is 12.4. The van der Waals surface area contributed by atoms with E-state index in [9.17, 15) is 4.79 Å². The Morgan fingerprint density at radius 3 is 2.05 bits per heavy atom. The van der Waals surface area contributed by atoms with Gasteiger partial charge in [0.15, 0.2) is 5.78 Å². The van der Waals surface area contributed by atoms with Crippen LogP contribution in [0.4, 0.5) is 0 Å². The van der Waals surface area contributed by atoms with Gasteiger partial charge in [0.05, 0.1) is 6.04 Å². The van der Waals surface area contributed by atoms with Gasteiger partial charge in [-0.2, -0.15) is 0 Å². The SMILES string of the molecule is CNC(Cc1ccc(-c2ccccc2)cc1)C(=O)C(C)C. The fourth-order valence-electron chi connectivity index (χ4n) is 2.45. The second-order valence-corrected chi connectivity index (χ2v) is 5.67. The molecule has 2 aromatic carbocycles. The summed E-state index contributed by atoms with van der Waals surface area (Å²) in [5.74, 6) is 0.329. The van der Waals surface area contributed by atoms with Crippen molar-refractivity contribution in [2.45, 2.75) is 26.3 Å². The molecule has 0 heterocycles. The molecule has 0 amide bonds. The molecule has 1 atom stereocenters. The highest BCUT2D eigenvalue weighted by molar-refractivity contribution is 5.86. The first-order valence-corrected chi connectivity index (χ1v) is 7.47. The van der Waals surface area contributed by atoms with Gasteiger partial charge in [-0.05, 0) is 30.2 Å². The Morgan fingerprint density at radius 1 is 0.952 bits per heavy atom. The van der Waals surface area contributed by atoms with Crippen LogP contribution in [0, 0.1) is 5.92 Å². The molecule has 0 bridgehead atoms. The lowest BCUT2D eigenvalue weighted by atomic mass is 9.95. The molecule has 0 aliphatic heterocycles. The van der Waals surface area contributed by atoms with Gasteiger partial charge in [-0.25, -0.2) is 0 Å². The van der Waals surface area contributed by atoms with Crippen LogP contribution in [-0.2, 0) is 11.2 Å². The van der Waals surface area contributed by atoms with Crippen LogP contribution in [0.25, 0.3) is 11.1 Å². The van der Waals surface area contributed by atoms with Crippen molar-refractivity contribution in [3.8, 4) is 11.1 Å². The van der Waals surface area contributed by atoms with Gasteiger partial charge in [0.1, 0.15) is 0 Å². The van der Waals surface area contributed by atoms with Gasteiger partial charge in [-0.15, -0.1) is 0 Å². The van der Waals surface area contributed by atoms with Crippen LogP contribution < -0.4 is 5.32 Å². The lowest BCUT2D eigenvalue weighted by Gasteiger charge is -2.17. The highest BCUT2D eigenvalue weighted by atomic mass is 16.1. The van der Waals surface area contributed by atoms with Crippen molar-refractivity contribution in [1.82, 2.24) is 5.32 Å². The van der Waals surface area contributed by atoms with E-state index in [0.29, 0.717) is 0 Å². The fraction of sp³-hybridized carbons (Fsp3) is 0.316. The Kier molecular flexibility index (Phi) is 5.29. The predicted octanol–water partition coefficient (Wildman–Crippen LogP) is 3.71. The van der Waals surface area contributed by atoms with Crippen molar-refractivity contribution in [3.05, 3.63) is 60.2 Å². The molecule has 110 valence electrons. The number of benzene rings is 2. The number of hydrogen-bond donors (Lipinski definition) is 1. The third kappa shape index (κ3) is 4.02. The van der Waals surface area contributed by atoms with Crippen molar-refractivity contribution in [2.24, 2.45) is 5.92 Å².